The number of aliphatic imine (C=N–C) groups is 1. The van der Waals surface area contributed by atoms with E-state index in [-0.39, 0.29) is 0 Å². The molecule has 3 aromatic rings. The molecule has 0 unspecified atom stereocenters. The molecule has 0 spiro atoms. The molecule has 0 atom stereocenters. The highest BCUT2D eigenvalue weighted by Gasteiger charge is 2.28. The van der Waals surface area contributed by atoms with Crippen LogP contribution in [0.4, 0.5) is 0 Å². The summed E-state index contributed by atoms with van der Waals surface area (Å²) in [4.78, 5) is 7.00. The maximum atomic E-state index is 5.95. The maximum Gasteiger partial charge on any atom is 0.0853 e. The summed E-state index contributed by atoms with van der Waals surface area (Å²) in [7, 11) is 0. The van der Waals surface area contributed by atoms with Gasteiger partial charge in [-0.15, -0.1) is 0 Å². The molecule has 3 aromatic carbocycles. The average molecular weight is 403 g/mol. The summed E-state index contributed by atoms with van der Waals surface area (Å²) in [6, 6.07) is 29.9. The fourth-order valence-electron chi connectivity index (χ4n) is 4.28. The SMILES string of the molecule is Clc1ccc(C/N=C/N2CCC(C(c3ccccc3)c3ccccc3)CC2)cc1. The molecule has 1 saturated heterocycles. The maximum absolute atomic E-state index is 5.95. The van der Waals surface area contributed by atoms with Gasteiger partial charge in [0.1, 0.15) is 0 Å². The van der Waals surface area contributed by atoms with Crippen molar-refractivity contribution < 1.29 is 0 Å². The lowest BCUT2D eigenvalue weighted by Crippen LogP contribution is -2.35. The molecule has 4 rings (SSSR count). The van der Waals surface area contributed by atoms with Crippen LogP contribution in [0.15, 0.2) is 89.9 Å². The van der Waals surface area contributed by atoms with Crippen LogP contribution in [0.3, 0.4) is 0 Å². The van der Waals surface area contributed by atoms with E-state index < -0.39 is 0 Å². The average Bonchev–Trinajstić information content (AvgIpc) is 2.78. The molecule has 3 heteroatoms. The van der Waals surface area contributed by atoms with Gasteiger partial charge in [-0.05, 0) is 47.6 Å². The predicted molar refractivity (Wildman–Crippen MR) is 123 cm³/mol. The molecule has 0 saturated carbocycles. The van der Waals surface area contributed by atoms with Crippen LogP contribution in [0, 0.1) is 5.92 Å². The molecule has 2 nitrogen and oxygen atoms in total. The molecule has 0 aliphatic carbocycles. The van der Waals surface area contributed by atoms with E-state index in [0.717, 1.165) is 18.1 Å². The smallest absolute Gasteiger partial charge is 0.0853 e. The summed E-state index contributed by atoms with van der Waals surface area (Å²) in [6.07, 6.45) is 4.40. The van der Waals surface area contributed by atoms with Gasteiger partial charge in [-0.1, -0.05) is 84.4 Å². The summed E-state index contributed by atoms with van der Waals surface area (Å²) in [6.45, 7) is 2.82. The predicted octanol–water partition coefficient (Wildman–Crippen LogP) is 6.41. The number of hydrogen-bond donors (Lipinski definition) is 0. The van der Waals surface area contributed by atoms with Crippen LogP contribution in [-0.4, -0.2) is 24.3 Å². The standard InChI is InChI=1S/C26H27ClN2/c27-25-13-11-21(12-14-25)19-28-20-29-17-15-24(16-18-29)26(22-7-3-1-4-8-22)23-9-5-2-6-10-23/h1-14,20,24,26H,15-19H2/b28-20+. The molecule has 1 heterocycles. The van der Waals surface area contributed by atoms with Crippen LogP contribution in [0.5, 0.6) is 0 Å². The van der Waals surface area contributed by atoms with Crippen molar-refractivity contribution in [3.63, 3.8) is 0 Å². The van der Waals surface area contributed by atoms with Crippen LogP contribution >= 0.6 is 11.6 Å². The minimum absolute atomic E-state index is 0.463. The quantitative estimate of drug-likeness (QED) is 0.343. The Morgan fingerprint density at radius 2 is 1.38 bits per heavy atom. The van der Waals surface area contributed by atoms with E-state index in [2.05, 4.69) is 70.6 Å². The number of likely N-dealkylation sites (tertiary alicyclic amines) is 1. The van der Waals surface area contributed by atoms with Crippen molar-refractivity contribution in [3.8, 4) is 0 Å². The van der Waals surface area contributed by atoms with E-state index in [1.54, 1.807) is 0 Å². The number of piperidine rings is 1. The number of benzene rings is 3. The van der Waals surface area contributed by atoms with Crippen molar-refractivity contribution in [2.75, 3.05) is 13.1 Å². The van der Waals surface area contributed by atoms with E-state index in [9.17, 15) is 0 Å². The lowest BCUT2D eigenvalue weighted by Gasteiger charge is -2.36. The van der Waals surface area contributed by atoms with Crippen molar-refractivity contribution in [2.24, 2.45) is 10.9 Å². The van der Waals surface area contributed by atoms with Crippen LogP contribution in [0.25, 0.3) is 0 Å². The van der Waals surface area contributed by atoms with E-state index >= 15 is 0 Å². The summed E-state index contributed by atoms with van der Waals surface area (Å²) >= 11 is 5.95. The van der Waals surface area contributed by atoms with Gasteiger partial charge in [0.25, 0.3) is 0 Å². The van der Waals surface area contributed by atoms with Gasteiger partial charge in [0.2, 0.25) is 0 Å². The fraction of sp³-hybridized carbons (Fsp3) is 0.269. The molecular weight excluding hydrogens is 376 g/mol. The summed E-state index contributed by atoms with van der Waals surface area (Å²) < 4.78 is 0. The first-order chi connectivity index (χ1) is 14.3. The zero-order chi connectivity index (χ0) is 19.9. The lowest BCUT2D eigenvalue weighted by atomic mass is 9.76. The molecule has 0 bridgehead atoms. The highest BCUT2D eigenvalue weighted by atomic mass is 35.5. The first-order valence-electron chi connectivity index (χ1n) is 10.4. The van der Waals surface area contributed by atoms with Crippen molar-refractivity contribution in [1.82, 2.24) is 4.90 Å². The second-order valence-corrected chi connectivity index (χ2v) is 8.19. The molecule has 1 fully saturated rings. The topological polar surface area (TPSA) is 15.6 Å². The largest absolute Gasteiger partial charge is 0.363 e. The molecular formula is C26H27ClN2. The van der Waals surface area contributed by atoms with E-state index in [0.29, 0.717) is 18.4 Å². The number of rotatable bonds is 6. The lowest BCUT2D eigenvalue weighted by molar-refractivity contribution is 0.254. The van der Waals surface area contributed by atoms with Crippen molar-refractivity contribution in [1.29, 1.82) is 0 Å². The second kappa shape index (κ2) is 9.76. The monoisotopic (exact) mass is 402 g/mol. The van der Waals surface area contributed by atoms with Gasteiger partial charge in [-0.2, -0.15) is 0 Å². The van der Waals surface area contributed by atoms with E-state index in [1.165, 1.54) is 29.5 Å². The zero-order valence-corrected chi connectivity index (χ0v) is 17.4. The summed E-state index contributed by atoms with van der Waals surface area (Å²) in [5.41, 5.74) is 4.04. The van der Waals surface area contributed by atoms with E-state index in [1.807, 2.05) is 30.6 Å². The third-order valence-corrected chi connectivity index (χ3v) is 6.05. The Hall–Kier alpha value is -2.58. The van der Waals surface area contributed by atoms with Crippen LogP contribution in [0.1, 0.15) is 35.4 Å². The summed E-state index contributed by atoms with van der Waals surface area (Å²) in [5, 5.41) is 0.770. The minimum atomic E-state index is 0.463. The molecule has 148 valence electrons. The Morgan fingerprint density at radius 3 is 1.93 bits per heavy atom. The second-order valence-electron chi connectivity index (χ2n) is 7.76. The van der Waals surface area contributed by atoms with Crippen LogP contribution in [0.2, 0.25) is 5.02 Å². The number of hydrogen-bond acceptors (Lipinski definition) is 1. The molecule has 0 aromatic heterocycles. The first-order valence-corrected chi connectivity index (χ1v) is 10.8. The Balaban J connectivity index is 1.39. The number of halogens is 1. The normalized spacial score (nSPS) is 15.3. The van der Waals surface area contributed by atoms with Crippen LogP contribution < -0.4 is 0 Å². The van der Waals surface area contributed by atoms with Gasteiger partial charge < -0.3 is 4.90 Å². The highest BCUT2D eigenvalue weighted by molar-refractivity contribution is 6.30. The Labute approximate surface area is 178 Å². The molecule has 1 aliphatic heterocycles. The molecule has 1 aliphatic rings. The fourth-order valence-corrected chi connectivity index (χ4v) is 4.40. The van der Waals surface area contributed by atoms with E-state index in [4.69, 9.17) is 11.6 Å². The van der Waals surface area contributed by atoms with Crippen molar-refractivity contribution in [2.45, 2.75) is 25.3 Å². The molecule has 0 N–H and O–H groups in total. The van der Waals surface area contributed by atoms with Gasteiger partial charge >= 0.3 is 0 Å². The minimum Gasteiger partial charge on any atom is -0.363 e. The van der Waals surface area contributed by atoms with Gasteiger partial charge in [-0.25, -0.2) is 0 Å². The first kappa shape index (κ1) is 19.7. The third-order valence-electron chi connectivity index (χ3n) is 5.80. The van der Waals surface area contributed by atoms with Crippen LogP contribution in [-0.2, 0) is 6.54 Å². The Kier molecular flexibility index (Phi) is 6.63. The van der Waals surface area contributed by atoms with Gasteiger partial charge in [0.05, 0.1) is 12.9 Å². The molecule has 0 radical (unpaired) electrons. The molecule has 0 amide bonds. The Bertz CT molecular complexity index is 859. The van der Waals surface area contributed by atoms with Gasteiger partial charge in [0.15, 0.2) is 0 Å². The molecule has 29 heavy (non-hydrogen) atoms. The third kappa shape index (κ3) is 5.27. The van der Waals surface area contributed by atoms with Crippen molar-refractivity contribution in [3.05, 3.63) is 107 Å². The Morgan fingerprint density at radius 1 is 0.828 bits per heavy atom. The van der Waals surface area contributed by atoms with Gasteiger partial charge in [-0.3, -0.25) is 4.99 Å². The number of nitrogens with zero attached hydrogens (tertiary/aromatic N) is 2. The van der Waals surface area contributed by atoms with Crippen molar-refractivity contribution >= 4 is 17.9 Å². The summed E-state index contributed by atoms with van der Waals surface area (Å²) in [5.74, 6) is 1.12. The van der Waals surface area contributed by atoms with Gasteiger partial charge in [0, 0.05) is 24.0 Å². The highest BCUT2D eigenvalue weighted by Crippen LogP contribution is 2.37. The zero-order valence-electron chi connectivity index (χ0n) is 16.6.